The fraction of sp³-hybridized carbons (Fsp3) is 0.167. The molecule has 0 bridgehead atoms. The van der Waals surface area contributed by atoms with Crippen molar-refractivity contribution in [2.75, 3.05) is 0 Å². The highest BCUT2D eigenvalue weighted by Crippen LogP contribution is 2.23. The lowest BCUT2D eigenvalue weighted by Crippen LogP contribution is -2.38. The van der Waals surface area contributed by atoms with Crippen molar-refractivity contribution in [1.82, 2.24) is 9.73 Å². The second-order valence-corrected chi connectivity index (χ2v) is 5.78. The first-order valence-corrected chi connectivity index (χ1v) is 7.71. The summed E-state index contributed by atoms with van der Waals surface area (Å²) in [5, 5.41) is 6.08. The van der Waals surface area contributed by atoms with Crippen LogP contribution in [0, 0.1) is 0 Å². The summed E-state index contributed by atoms with van der Waals surface area (Å²) in [4.78, 5) is 0. The molecule has 22 heavy (non-hydrogen) atoms. The van der Waals surface area contributed by atoms with Crippen LogP contribution in [0.1, 0.15) is 6.42 Å². The van der Waals surface area contributed by atoms with Gasteiger partial charge < -0.3 is 0 Å². The van der Waals surface area contributed by atoms with Crippen LogP contribution in [0.4, 0.5) is 0 Å². The number of aryl methyl sites for hydroxylation is 2. The second-order valence-electron chi connectivity index (χ2n) is 5.78. The van der Waals surface area contributed by atoms with Gasteiger partial charge in [0.15, 0.2) is 18.3 Å². The zero-order valence-electron chi connectivity index (χ0n) is 12.2. The van der Waals surface area contributed by atoms with E-state index in [1.165, 1.54) is 22.3 Å². The van der Waals surface area contributed by atoms with Gasteiger partial charge >= 0.3 is 0 Å². The number of aromatic nitrogens is 4. The molecule has 4 aromatic rings. The van der Waals surface area contributed by atoms with E-state index >= 15 is 0 Å². The summed E-state index contributed by atoms with van der Waals surface area (Å²) < 4.78 is 6.56. The van der Waals surface area contributed by atoms with E-state index in [1.54, 1.807) is 0 Å². The molecule has 3 aromatic heterocycles. The van der Waals surface area contributed by atoms with Crippen LogP contribution in [0.15, 0.2) is 60.8 Å². The molecule has 0 saturated carbocycles. The first-order valence-electron chi connectivity index (χ1n) is 7.71. The van der Waals surface area contributed by atoms with Gasteiger partial charge in [0, 0.05) is 23.9 Å². The smallest absolute Gasteiger partial charge is 0.195 e. The summed E-state index contributed by atoms with van der Waals surface area (Å²) in [6, 6.07) is 19.2. The molecular formula is C18H16N4+2. The van der Waals surface area contributed by atoms with Crippen molar-refractivity contribution in [3.63, 3.8) is 0 Å². The summed E-state index contributed by atoms with van der Waals surface area (Å²) in [5.41, 5.74) is 4.78. The van der Waals surface area contributed by atoms with Gasteiger partial charge in [0.05, 0.1) is 5.21 Å². The predicted molar refractivity (Wildman–Crippen MR) is 83.1 cm³/mol. The highest BCUT2D eigenvalue weighted by atomic mass is 15.5. The lowest BCUT2D eigenvalue weighted by Gasteiger charge is -1.97. The van der Waals surface area contributed by atoms with Gasteiger partial charge in [-0.1, -0.05) is 22.7 Å². The molecule has 0 radical (unpaired) electrons. The molecule has 4 heteroatoms. The van der Waals surface area contributed by atoms with Crippen LogP contribution in [0.25, 0.3) is 27.8 Å². The number of para-hydroxylation sites is 1. The summed E-state index contributed by atoms with van der Waals surface area (Å²) >= 11 is 0. The maximum atomic E-state index is 4.86. The van der Waals surface area contributed by atoms with Crippen LogP contribution in [0.5, 0.6) is 0 Å². The minimum atomic E-state index is 0.951. The van der Waals surface area contributed by atoms with E-state index < -0.39 is 0 Å². The van der Waals surface area contributed by atoms with Gasteiger partial charge in [0.1, 0.15) is 6.54 Å². The number of fused-ring (bicyclic) bond motifs is 7. The Morgan fingerprint density at radius 3 is 2.77 bits per heavy atom. The summed E-state index contributed by atoms with van der Waals surface area (Å²) in [5.74, 6) is 0. The van der Waals surface area contributed by atoms with Crippen molar-refractivity contribution < 1.29 is 9.25 Å². The fourth-order valence-corrected chi connectivity index (χ4v) is 3.45. The third kappa shape index (κ3) is 1.55. The number of pyridine rings is 2. The van der Waals surface area contributed by atoms with Gasteiger partial charge in [0.25, 0.3) is 11.4 Å². The van der Waals surface area contributed by atoms with E-state index in [0.29, 0.717) is 0 Å². The monoisotopic (exact) mass is 288 g/mol. The summed E-state index contributed by atoms with van der Waals surface area (Å²) in [6.07, 6.45) is 3.26. The van der Waals surface area contributed by atoms with Crippen molar-refractivity contribution in [3.05, 3.63) is 60.8 Å². The Morgan fingerprint density at radius 2 is 1.77 bits per heavy atom. The lowest BCUT2D eigenvalue weighted by molar-refractivity contribution is -0.744. The Morgan fingerprint density at radius 1 is 0.864 bits per heavy atom. The molecule has 0 unspecified atom stereocenters. The van der Waals surface area contributed by atoms with Gasteiger partial charge in [-0.05, 0) is 24.3 Å². The molecule has 4 nitrogen and oxygen atoms in total. The van der Waals surface area contributed by atoms with E-state index in [9.17, 15) is 0 Å². The molecular weight excluding hydrogens is 272 g/mol. The van der Waals surface area contributed by atoms with E-state index in [-0.39, 0.29) is 0 Å². The van der Waals surface area contributed by atoms with E-state index in [2.05, 4.69) is 74.6 Å². The van der Waals surface area contributed by atoms with E-state index in [1.807, 2.05) is 0 Å². The van der Waals surface area contributed by atoms with Crippen molar-refractivity contribution >= 4 is 16.4 Å². The standard InChI is InChI=1S/C18H16N4/c1-2-7-15-14(6-1)9-10-17-18-16-8-3-4-11-20(16)12-5-13-21(18)19-22(15)17/h1-4,6-11H,5,12-13H2/q+2. The molecule has 106 valence electrons. The van der Waals surface area contributed by atoms with Gasteiger partial charge in [0.2, 0.25) is 5.52 Å². The highest BCUT2D eigenvalue weighted by molar-refractivity contribution is 5.85. The first kappa shape index (κ1) is 11.9. The van der Waals surface area contributed by atoms with Crippen LogP contribution in [-0.2, 0) is 13.1 Å². The SMILES string of the molecule is c1cc[n+]2c(c1)-c1c3ccc4ccccc4n3n[n+]1CCC2. The van der Waals surface area contributed by atoms with Crippen LogP contribution in [-0.4, -0.2) is 9.73 Å². The zero-order chi connectivity index (χ0) is 14.5. The number of hydrogen-bond donors (Lipinski definition) is 0. The third-order valence-corrected chi connectivity index (χ3v) is 4.46. The van der Waals surface area contributed by atoms with Crippen LogP contribution < -0.4 is 9.25 Å². The average molecular weight is 288 g/mol. The number of nitrogens with zero attached hydrogens (tertiary/aromatic N) is 4. The summed E-state index contributed by atoms with van der Waals surface area (Å²) in [6.45, 7) is 1.99. The topological polar surface area (TPSA) is 25.1 Å². The maximum Gasteiger partial charge on any atom is 0.269 e. The largest absolute Gasteiger partial charge is 0.269 e. The molecule has 0 aliphatic carbocycles. The van der Waals surface area contributed by atoms with Crippen LogP contribution in [0.2, 0.25) is 0 Å². The molecule has 0 fully saturated rings. The Kier molecular flexibility index (Phi) is 2.36. The van der Waals surface area contributed by atoms with Crippen molar-refractivity contribution in [1.29, 1.82) is 0 Å². The third-order valence-electron chi connectivity index (χ3n) is 4.46. The normalized spacial score (nSPS) is 13.8. The fourth-order valence-electron chi connectivity index (χ4n) is 3.45. The second kappa shape index (κ2) is 4.37. The molecule has 0 atom stereocenters. The number of benzene rings is 1. The average Bonchev–Trinajstić information content (AvgIpc) is 2.84. The number of hydrogen-bond acceptors (Lipinski definition) is 1. The molecule has 0 N–H and O–H groups in total. The quantitative estimate of drug-likeness (QED) is 0.455. The van der Waals surface area contributed by atoms with Crippen molar-refractivity contribution in [3.8, 4) is 11.4 Å². The maximum absolute atomic E-state index is 4.86. The molecule has 0 saturated heterocycles. The zero-order valence-corrected chi connectivity index (χ0v) is 12.2. The van der Waals surface area contributed by atoms with Crippen molar-refractivity contribution in [2.24, 2.45) is 0 Å². The van der Waals surface area contributed by atoms with Gasteiger partial charge in [-0.15, -0.1) is 4.68 Å². The van der Waals surface area contributed by atoms with Gasteiger partial charge in [-0.3, -0.25) is 0 Å². The molecule has 0 spiro atoms. The van der Waals surface area contributed by atoms with E-state index in [0.717, 1.165) is 25.0 Å². The molecule has 1 aromatic carbocycles. The lowest BCUT2D eigenvalue weighted by atomic mass is 10.1. The predicted octanol–water partition coefficient (Wildman–Crippen LogP) is 2.13. The minimum Gasteiger partial charge on any atom is -0.195 e. The Hall–Kier alpha value is -2.75. The highest BCUT2D eigenvalue weighted by Gasteiger charge is 2.31. The van der Waals surface area contributed by atoms with Crippen molar-refractivity contribution in [2.45, 2.75) is 19.5 Å². The first-order chi connectivity index (χ1) is 10.9. The Bertz CT molecular complexity index is 1020. The number of rotatable bonds is 0. The van der Waals surface area contributed by atoms with Gasteiger partial charge in [-0.25, -0.2) is 0 Å². The van der Waals surface area contributed by atoms with Crippen LogP contribution in [0.3, 0.4) is 0 Å². The Labute approximate surface area is 127 Å². The minimum absolute atomic E-state index is 0.951. The van der Waals surface area contributed by atoms with Crippen LogP contribution >= 0.6 is 0 Å². The summed E-state index contributed by atoms with van der Waals surface area (Å²) in [7, 11) is 0. The molecule has 0 amide bonds. The molecule has 5 rings (SSSR count). The van der Waals surface area contributed by atoms with E-state index in [4.69, 9.17) is 5.21 Å². The molecule has 1 aliphatic heterocycles. The van der Waals surface area contributed by atoms with Gasteiger partial charge in [-0.2, -0.15) is 4.57 Å². The molecule has 4 heterocycles. The molecule has 1 aliphatic rings. The Balaban J connectivity index is 1.94.